The number of allylic oxidation sites excluding steroid dienone is 2. The number of phenolic OH excluding ortho intramolecular Hbond substituents is 2. The van der Waals surface area contributed by atoms with Crippen molar-refractivity contribution in [3.8, 4) is 11.5 Å². The molecule has 1 aromatic rings. The van der Waals surface area contributed by atoms with E-state index >= 15 is 0 Å². The smallest absolute Gasteiger partial charge is 0.157 e. The molecule has 0 radical (unpaired) electrons. The minimum absolute atomic E-state index is 0.0212. The summed E-state index contributed by atoms with van der Waals surface area (Å²) >= 11 is 0. The topological polar surface area (TPSA) is 40.5 Å². The highest BCUT2D eigenvalue weighted by Crippen LogP contribution is 2.58. The van der Waals surface area contributed by atoms with Crippen LogP contribution in [0.2, 0.25) is 0 Å². The van der Waals surface area contributed by atoms with Crippen LogP contribution in [0.3, 0.4) is 0 Å². The molecular formula is C23H38O2. The Morgan fingerprint density at radius 2 is 1.76 bits per heavy atom. The lowest BCUT2D eigenvalue weighted by molar-refractivity contribution is 0.00809. The Hall–Kier alpha value is -1.44. The summed E-state index contributed by atoms with van der Waals surface area (Å²) in [6, 6.07) is 5.33. The number of aromatic hydroxyl groups is 2. The molecule has 0 aliphatic heterocycles. The molecule has 0 heterocycles. The van der Waals surface area contributed by atoms with E-state index in [2.05, 4.69) is 53.7 Å². The van der Waals surface area contributed by atoms with Crippen LogP contribution in [0.4, 0.5) is 0 Å². The van der Waals surface area contributed by atoms with Crippen molar-refractivity contribution in [2.24, 2.45) is 10.8 Å². The van der Waals surface area contributed by atoms with Gasteiger partial charge in [0.25, 0.3) is 0 Å². The Kier molecular flexibility index (Phi) is 8.05. The van der Waals surface area contributed by atoms with E-state index in [1.807, 2.05) is 6.07 Å². The standard InChI is InChI=1S/C23H38O2/c1-7-11-15-22(6,9-3)23(10-4,16-12-8-2)18(5)19-13-14-20(24)21(25)17-19/h8,12-14,17-18,24-25H,7,9-11,15-16H2,1-6H3/b12-8-. The molecule has 0 bridgehead atoms. The second kappa shape index (κ2) is 9.31. The van der Waals surface area contributed by atoms with Crippen LogP contribution in [0.25, 0.3) is 0 Å². The third-order valence-electron chi connectivity index (χ3n) is 6.74. The number of phenols is 2. The first kappa shape index (κ1) is 21.6. The quantitative estimate of drug-likeness (QED) is 0.348. The van der Waals surface area contributed by atoms with Crippen molar-refractivity contribution in [2.45, 2.75) is 86.0 Å². The zero-order valence-electron chi connectivity index (χ0n) is 17.1. The molecule has 0 saturated carbocycles. The summed E-state index contributed by atoms with van der Waals surface area (Å²) in [5, 5.41) is 19.7. The second-order valence-corrected chi connectivity index (χ2v) is 7.77. The van der Waals surface area contributed by atoms with Crippen LogP contribution >= 0.6 is 0 Å². The predicted octanol–water partition coefficient (Wildman–Crippen LogP) is 7.17. The van der Waals surface area contributed by atoms with Crippen LogP contribution in [-0.2, 0) is 0 Å². The lowest BCUT2D eigenvalue weighted by atomic mass is 9.52. The van der Waals surface area contributed by atoms with Crippen molar-refractivity contribution in [1.29, 1.82) is 0 Å². The maximum atomic E-state index is 10.0. The van der Waals surface area contributed by atoms with Gasteiger partial charge in [0.1, 0.15) is 0 Å². The van der Waals surface area contributed by atoms with E-state index in [1.165, 1.54) is 19.3 Å². The van der Waals surface area contributed by atoms with Gasteiger partial charge in [-0.15, -0.1) is 0 Å². The first-order chi connectivity index (χ1) is 11.8. The lowest BCUT2D eigenvalue weighted by Crippen LogP contribution is -2.43. The molecule has 25 heavy (non-hydrogen) atoms. The van der Waals surface area contributed by atoms with Gasteiger partial charge in [-0.3, -0.25) is 0 Å². The Balaban J connectivity index is 3.44. The van der Waals surface area contributed by atoms with Crippen LogP contribution in [-0.4, -0.2) is 10.2 Å². The van der Waals surface area contributed by atoms with E-state index in [0.717, 1.165) is 24.8 Å². The van der Waals surface area contributed by atoms with Gasteiger partial charge in [-0.25, -0.2) is 0 Å². The summed E-state index contributed by atoms with van der Waals surface area (Å²) in [5.41, 5.74) is 1.45. The molecule has 1 rings (SSSR count). The van der Waals surface area contributed by atoms with Crippen molar-refractivity contribution in [3.05, 3.63) is 35.9 Å². The summed E-state index contributed by atoms with van der Waals surface area (Å²) < 4.78 is 0. The molecule has 0 aliphatic carbocycles. The average Bonchev–Trinajstić information content (AvgIpc) is 2.62. The third-order valence-corrected chi connectivity index (χ3v) is 6.74. The van der Waals surface area contributed by atoms with E-state index in [9.17, 15) is 10.2 Å². The molecule has 0 amide bonds. The van der Waals surface area contributed by atoms with Crippen molar-refractivity contribution >= 4 is 0 Å². The minimum Gasteiger partial charge on any atom is -0.504 e. The fraction of sp³-hybridized carbons (Fsp3) is 0.652. The van der Waals surface area contributed by atoms with Gasteiger partial charge in [-0.2, -0.15) is 0 Å². The third kappa shape index (κ3) is 4.40. The van der Waals surface area contributed by atoms with Gasteiger partial charge in [0.05, 0.1) is 0 Å². The van der Waals surface area contributed by atoms with Crippen molar-refractivity contribution < 1.29 is 10.2 Å². The van der Waals surface area contributed by atoms with Crippen LogP contribution in [0, 0.1) is 10.8 Å². The molecule has 2 nitrogen and oxygen atoms in total. The number of unbranched alkanes of at least 4 members (excludes halogenated alkanes) is 1. The van der Waals surface area contributed by atoms with E-state index in [4.69, 9.17) is 0 Å². The predicted molar refractivity (Wildman–Crippen MR) is 108 cm³/mol. The fourth-order valence-corrected chi connectivity index (χ4v) is 4.62. The van der Waals surface area contributed by atoms with Gasteiger partial charge in [0, 0.05) is 0 Å². The second-order valence-electron chi connectivity index (χ2n) is 7.77. The molecule has 1 aromatic carbocycles. The summed E-state index contributed by atoms with van der Waals surface area (Å²) in [5.74, 6) is 0.227. The summed E-state index contributed by atoms with van der Waals surface area (Å²) in [6.45, 7) is 13.7. The van der Waals surface area contributed by atoms with Gasteiger partial charge in [0.15, 0.2) is 11.5 Å². The Bertz CT molecular complexity index is 563. The molecule has 0 aromatic heterocycles. The molecule has 142 valence electrons. The molecule has 0 spiro atoms. The monoisotopic (exact) mass is 346 g/mol. The Morgan fingerprint density at radius 3 is 2.24 bits per heavy atom. The summed E-state index contributed by atoms with van der Waals surface area (Å²) in [7, 11) is 0. The first-order valence-corrected chi connectivity index (χ1v) is 9.94. The molecule has 2 heteroatoms. The minimum atomic E-state index is -0.0456. The Morgan fingerprint density at radius 1 is 1.08 bits per heavy atom. The fourth-order valence-electron chi connectivity index (χ4n) is 4.62. The molecule has 0 aliphatic rings. The SMILES string of the molecule is C/C=C\CC(CC)(C(C)c1ccc(O)c(O)c1)C(C)(CC)CCCC. The van der Waals surface area contributed by atoms with Crippen molar-refractivity contribution in [1.82, 2.24) is 0 Å². The maximum Gasteiger partial charge on any atom is 0.157 e. The van der Waals surface area contributed by atoms with Gasteiger partial charge < -0.3 is 10.2 Å². The molecule has 3 unspecified atom stereocenters. The van der Waals surface area contributed by atoms with Gasteiger partial charge >= 0.3 is 0 Å². The summed E-state index contributed by atoms with van der Waals surface area (Å²) in [4.78, 5) is 0. The van der Waals surface area contributed by atoms with Crippen LogP contribution in [0.15, 0.2) is 30.4 Å². The molecule has 2 N–H and O–H groups in total. The number of rotatable bonds is 10. The normalized spacial score (nSPS) is 18.0. The first-order valence-electron chi connectivity index (χ1n) is 9.94. The highest BCUT2D eigenvalue weighted by atomic mass is 16.3. The molecule has 0 fully saturated rings. The lowest BCUT2D eigenvalue weighted by Gasteiger charge is -2.53. The molecule has 0 saturated heterocycles. The number of hydrogen-bond acceptors (Lipinski definition) is 2. The maximum absolute atomic E-state index is 10.0. The van der Waals surface area contributed by atoms with E-state index in [-0.39, 0.29) is 22.3 Å². The van der Waals surface area contributed by atoms with Gasteiger partial charge in [-0.1, -0.05) is 72.1 Å². The number of hydrogen-bond donors (Lipinski definition) is 2. The number of benzene rings is 1. The molecular weight excluding hydrogens is 308 g/mol. The zero-order valence-corrected chi connectivity index (χ0v) is 17.1. The van der Waals surface area contributed by atoms with Crippen LogP contribution in [0.5, 0.6) is 11.5 Å². The zero-order chi connectivity index (χ0) is 19.1. The van der Waals surface area contributed by atoms with E-state index < -0.39 is 0 Å². The Labute approximate surface area is 155 Å². The van der Waals surface area contributed by atoms with Crippen molar-refractivity contribution in [2.75, 3.05) is 0 Å². The van der Waals surface area contributed by atoms with Crippen molar-refractivity contribution in [3.63, 3.8) is 0 Å². The van der Waals surface area contributed by atoms with Gasteiger partial charge in [-0.05, 0) is 60.6 Å². The van der Waals surface area contributed by atoms with E-state index in [0.29, 0.717) is 5.92 Å². The van der Waals surface area contributed by atoms with Crippen LogP contribution < -0.4 is 0 Å². The van der Waals surface area contributed by atoms with Crippen LogP contribution in [0.1, 0.15) is 91.5 Å². The van der Waals surface area contributed by atoms with E-state index in [1.54, 1.807) is 12.1 Å². The molecule has 3 atom stereocenters. The highest BCUT2D eigenvalue weighted by molar-refractivity contribution is 5.42. The highest BCUT2D eigenvalue weighted by Gasteiger charge is 2.48. The summed E-state index contributed by atoms with van der Waals surface area (Å²) in [6.07, 6.45) is 11.4. The average molecular weight is 347 g/mol. The largest absolute Gasteiger partial charge is 0.504 e. The van der Waals surface area contributed by atoms with Gasteiger partial charge in [0.2, 0.25) is 0 Å².